The van der Waals surface area contributed by atoms with Gasteiger partial charge < -0.3 is 10.6 Å². The Morgan fingerprint density at radius 3 is 3.11 bits per heavy atom. The maximum absolute atomic E-state index is 12.3. The molecule has 7 heteroatoms. The van der Waals surface area contributed by atoms with E-state index >= 15 is 0 Å². The van der Waals surface area contributed by atoms with Gasteiger partial charge in [-0.2, -0.15) is 8.78 Å². The highest BCUT2D eigenvalue weighted by atomic mass is 32.2. The third-order valence-electron chi connectivity index (χ3n) is 2.68. The van der Waals surface area contributed by atoms with Crippen LogP contribution in [-0.2, 0) is 0 Å². The van der Waals surface area contributed by atoms with E-state index in [2.05, 4.69) is 10.6 Å². The molecule has 1 aromatic rings. The number of piperidine rings is 1. The summed E-state index contributed by atoms with van der Waals surface area (Å²) in [6.07, 6.45) is 1.95. The molecule has 2 heterocycles. The van der Waals surface area contributed by atoms with Crippen LogP contribution in [0.5, 0.6) is 0 Å². The fourth-order valence-electron chi connectivity index (χ4n) is 1.88. The average Bonchev–Trinajstić information content (AvgIpc) is 2.77. The fourth-order valence-corrected chi connectivity index (χ4v) is 3.48. The molecule has 2 N–H and O–H groups in total. The summed E-state index contributed by atoms with van der Waals surface area (Å²) in [6.45, 7) is 1.71. The molecule has 1 fully saturated rings. The number of alkyl halides is 2. The largest absolute Gasteiger partial charge is 0.347 e. The number of thioether (sulfide) groups is 1. The summed E-state index contributed by atoms with van der Waals surface area (Å²) in [5, 5.41) is 7.75. The quantitative estimate of drug-likeness (QED) is 0.838. The molecule has 1 aliphatic rings. The minimum absolute atomic E-state index is 0.0951. The third kappa shape index (κ3) is 3.66. The van der Waals surface area contributed by atoms with Crippen molar-refractivity contribution in [3.05, 3.63) is 16.3 Å². The van der Waals surface area contributed by atoms with Crippen molar-refractivity contribution in [1.82, 2.24) is 10.6 Å². The first-order valence-electron chi connectivity index (χ1n) is 5.70. The van der Waals surface area contributed by atoms with E-state index < -0.39 is 5.76 Å². The Morgan fingerprint density at radius 1 is 1.61 bits per heavy atom. The Morgan fingerprint density at radius 2 is 2.44 bits per heavy atom. The van der Waals surface area contributed by atoms with Gasteiger partial charge in [0.1, 0.15) is 4.88 Å². The van der Waals surface area contributed by atoms with Crippen LogP contribution in [0.25, 0.3) is 0 Å². The Hall–Kier alpha value is -0.660. The van der Waals surface area contributed by atoms with Crippen LogP contribution in [0.1, 0.15) is 22.5 Å². The van der Waals surface area contributed by atoms with Gasteiger partial charge in [0.25, 0.3) is 11.7 Å². The van der Waals surface area contributed by atoms with Gasteiger partial charge in [-0.3, -0.25) is 4.79 Å². The van der Waals surface area contributed by atoms with Crippen LogP contribution in [0, 0.1) is 0 Å². The summed E-state index contributed by atoms with van der Waals surface area (Å²) < 4.78 is 24.7. The summed E-state index contributed by atoms with van der Waals surface area (Å²) in [6, 6.07) is 1.66. The first-order valence-corrected chi connectivity index (χ1v) is 7.46. The van der Waals surface area contributed by atoms with Crippen LogP contribution in [0.2, 0.25) is 0 Å². The van der Waals surface area contributed by atoms with E-state index in [0.717, 1.165) is 25.9 Å². The Kier molecular flexibility index (Phi) is 4.96. The highest BCUT2D eigenvalue weighted by Gasteiger charge is 2.20. The van der Waals surface area contributed by atoms with Crippen LogP contribution in [0.4, 0.5) is 8.78 Å². The SMILES string of the molecule is O=C(N[C@H]1CCCNC1)c1sccc1SC(F)F. The Bertz CT molecular complexity index is 406. The molecule has 0 aromatic carbocycles. The predicted octanol–water partition coefficient (Wildman–Crippen LogP) is 2.54. The molecule has 1 saturated heterocycles. The second-order valence-corrected chi connectivity index (χ2v) is 5.96. The minimum Gasteiger partial charge on any atom is -0.347 e. The monoisotopic (exact) mass is 292 g/mol. The lowest BCUT2D eigenvalue weighted by Gasteiger charge is -2.23. The zero-order valence-electron chi connectivity index (χ0n) is 9.62. The molecule has 0 unspecified atom stereocenters. The molecule has 1 aliphatic heterocycles. The van der Waals surface area contributed by atoms with E-state index in [1.54, 1.807) is 11.4 Å². The number of carbonyl (C=O) groups is 1. The van der Waals surface area contributed by atoms with Crippen LogP contribution >= 0.6 is 23.1 Å². The summed E-state index contributed by atoms with van der Waals surface area (Å²) >= 11 is 1.62. The smallest absolute Gasteiger partial charge is 0.288 e. The molecule has 1 atom stereocenters. The van der Waals surface area contributed by atoms with Crippen molar-refractivity contribution in [2.45, 2.75) is 29.5 Å². The van der Waals surface area contributed by atoms with Crippen LogP contribution in [-0.4, -0.2) is 30.8 Å². The molecule has 18 heavy (non-hydrogen) atoms. The number of nitrogens with one attached hydrogen (secondary N) is 2. The second-order valence-electron chi connectivity index (χ2n) is 4.01. The fraction of sp³-hybridized carbons (Fsp3) is 0.545. The van der Waals surface area contributed by atoms with Gasteiger partial charge in [0.15, 0.2) is 0 Å². The normalized spacial score (nSPS) is 20.1. The van der Waals surface area contributed by atoms with E-state index in [1.165, 1.54) is 11.3 Å². The number of carbonyl (C=O) groups excluding carboxylic acids is 1. The number of amides is 1. The third-order valence-corrected chi connectivity index (χ3v) is 4.50. The lowest BCUT2D eigenvalue weighted by molar-refractivity contribution is 0.0932. The van der Waals surface area contributed by atoms with E-state index in [1.807, 2.05) is 0 Å². The van der Waals surface area contributed by atoms with Crippen molar-refractivity contribution in [1.29, 1.82) is 0 Å². The van der Waals surface area contributed by atoms with Gasteiger partial charge in [0, 0.05) is 17.5 Å². The maximum Gasteiger partial charge on any atom is 0.288 e. The van der Waals surface area contributed by atoms with Crippen molar-refractivity contribution in [3.8, 4) is 0 Å². The first kappa shape index (κ1) is 13.8. The zero-order valence-corrected chi connectivity index (χ0v) is 11.3. The van der Waals surface area contributed by atoms with Crippen molar-refractivity contribution in [2.24, 2.45) is 0 Å². The number of hydrogen-bond acceptors (Lipinski definition) is 4. The summed E-state index contributed by atoms with van der Waals surface area (Å²) in [4.78, 5) is 12.7. The molecular weight excluding hydrogens is 278 g/mol. The molecule has 0 radical (unpaired) electrons. The highest BCUT2D eigenvalue weighted by molar-refractivity contribution is 7.99. The predicted molar refractivity (Wildman–Crippen MR) is 69.5 cm³/mol. The van der Waals surface area contributed by atoms with Crippen molar-refractivity contribution >= 4 is 29.0 Å². The highest BCUT2D eigenvalue weighted by Crippen LogP contribution is 2.31. The maximum atomic E-state index is 12.3. The van der Waals surface area contributed by atoms with E-state index in [0.29, 0.717) is 21.5 Å². The van der Waals surface area contributed by atoms with Crippen LogP contribution < -0.4 is 10.6 Å². The number of thiophene rings is 1. The van der Waals surface area contributed by atoms with E-state index in [4.69, 9.17) is 0 Å². The van der Waals surface area contributed by atoms with Gasteiger partial charge >= 0.3 is 0 Å². The van der Waals surface area contributed by atoms with Crippen molar-refractivity contribution < 1.29 is 13.6 Å². The van der Waals surface area contributed by atoms with E-state index in [9.17, 15) is 13.6 Å². The molecule has 2 rings (SSSR count). The Labute approximate surface area is 112 Å². The van der Waals surface area contributed by atoms with Crippen LogP contribution in [0.3, 0.4) is 0 Å². The van der Waals surface area contributed by atoms with Gasteiger partial charge in [0.05, 0.1) is 0 Å². The molecule has 1 amide bonds. The lowest BCUT2D eigenvalue weighted by Crippen LogP contribution is -2.45. The molecule has 100 valence electrons. The van der Waals surface area contributed by atoms with Crippen molar-refractivity contribution in [2.75, 3.05) is 13.1 Å². The van der Waals surface area contributed by atoms with Gasteiger partial charge in [-0.1, -0.05) is 11.8 Å². The van der Waals surface area contributed by atoms with Crippen molar-refractivity contribution in [3.63, 3.8) is 0 Å². The summed E-state index contributed by atoms with van der Waals surface area (Å²) in [5.41, 5.74) is 0. The summed E-state index contributed by atoms with van der Waals surface area (Å²) in [7, 11) is 0. The molecular formula is C11H14F2N2OS2. The molecule has 0 bridgehead atoms. The lowest BCUT2D eigenvalue weighted by atomic mass is 10.1. The molecule has 0 saturated carbocycles. The Balaban J connectivity index is 1.97. The standard InChI is InChI=1S/C11H14F2N2OS2/c12-11(13)18-8-3-5-17-9(8)10(16)15-7-2-1-4-14-6-7/h3,5,7,11,14H,1-2,4,6H2,(H,15,16)/t7-/m0/s1. The van der Waals surface area contributed by atoms with Gasteiger partial charge in [-0.05, 0) is 30.8 Å². The average molecular weight is 292 g/mol. The minimum atomic E-state index is -2.50. The zero-order chi connectivity index (χ0) is 13.0. The number of hydrogen-bond donors (Lipinski definition) is 2. The molecule has 1 aromatic heterocycles. The topological polar surface area (TPSA) is 41.1 Å². The summed E-state index contributed by atoms with van der Waals surface area (Å²) in [5.74, 6) is -2.75. The number of rotatable bonds is 4. The van der Waals surface area contributed by atoms with Crippen LogP contribution in [0.15, 0.2) is 16.3 Å². The number of halogens is 2. The van der Waals surface area contributed by atoms with E-state index in [-0.39, 0.29) is 11.9 Å². The molecule has 0 spiro atoms. The molecule has 0 aliphatic carbocycles. The van der Waals surface area contributed by atoms with Gasteiger partial charge in [-0.25, -0.2) is 0 Å². The second kappa shape index (κ2) is 6.49. The van der Waals surface area contributed by atoms with Gasteiger partial charge in [-0.15, -0.1) is 11.3 Å². The molecule has 3 nitrogen and oxygen atoms in total. The van der Waals surface area contributed by atoms with Gasteiger partial charge in [0.2, 0.25) is 0 Å². The first-order chi connectivity index (χ1) is 8.66.